The van der Waals surface area contributed by atoms with Crippen LogP contribution in [0.5, 0.6) is 0 Å². The SMILES string of the molecule is C=CC(O)/C(=C\c1ccc(Br)cc1)c1ccccc1. The molecule has 0 aliphatic carbocycles. The summed E-state index contributed by atoms with van der Waals surface area (Å²) in [6.45, 7) is 3.66. The predicted molar refractivity (Wildman–Crippen MR) is 84.7 cm³/mol. The highest BCUT2D eigenvalue weighted by Gasteiger charge is 2.09. The molecule has 0 saturated heterocycles. The lowest BCUT2D eigenvalue weighted by Crippen LogP contribution is -2.05. The summed E-state index contributed by atoms with van der Waals surface area (Å²) in [5.74, 6) is 0. The van der Waals surface area contributed by atoms with Gasteiger partial charge in [-0.15, -0.1) is 6.58 Å². The van der Waals surface area contributed by atoms with Gasteiger partial charge >= 0.3 is 0 Å². The minimum Gasteiger partial charge on any atom is -0.384 e. The quantitative estimate of drug-likeness (QED) is 0.649. The molecule has 1 atom stereocenters. The number of hydrogen-bond acceptors (Lipinski definition) is 1. The zero-order valence-electron chi connectivity index (χ0n) is 10.5. The molecule has 0 fully saturated rings. The van der Waals surface area contributed by atoms with Crippen molar-refractivity contribution in [3.05, 3.63) is 82.9 Å². The highest BCUT2D eigenvalue weighted by atomic mass is 79.9. The molecule has 2 aromatic rings. The Morgan fingerprint density at radius 2 is 1.68 bits per heavy atom. The number of rotatable bonds is 4. The Hall–Kier alpha value is -1.64. The Kier molecular flexibility index (Phi) is 4.72. The van der Waals surface area contributed by atoms with Crippen LogP contribution < -0.4 is 0 Å². The van der Waals surface area contributed by atoms with Crippen LogP contribution in [0.3, 0.4) is 0 Å². The van der Waals surface area contributed by atoms with E-state index in [-0.39, 0.29) is 0 Å². The van der Waals surface area contributed by atoms with E-state index >= 15 is 0 Å². The largest absolute Gasteiger partial charge is 0.384 e. The molecule has 0 radical (unpaired) electrons. The number of halogens is 1. The standard InChI is InChI=1S/C17H15BrO/c1-2-17(19)16(14-6-4-3-5-7-14)12-13-8-10-15(18)11-9-13/h2-12,17,19H,1H2/b16-12-. The molecule has 0 heterocycles. The zero-order chi connectivity index (χ0) is 13.7. The molecule has 2 aromatic carbocycles. The van der Waals surface area contributed by atoms with Gasteiger partial charge in [0, 0.05) is 4.47 Å². The molecule has 2 rings (SSSR count). The van der Waals surface area contributed by atoms with Gasteiger partial charge in [0.15, 0.2) is 0 Å². The monoisotopic (exact) mass is 314 g/mol. The Morgan fingerprint density at radius 3 is 2.26 bits per heavy atom. The van der Waals surface area contributed by atoms with Crippen molar-refractivity contribution in [2.24, 2.45) is 0 Å². The van der Waals surface area contributed by atoms with Crippen molar-refractivity contribution in [2.75, 3.05) is 0 Å². The van der Waals surface area contributed by atoms with Crippen LogP contribution >= 0.6 is 15.9 Å². The average Bonchev–Trinajstić information content (AvgIpc) is 2.47. The van der Waals surface area contributed by atoms with Crippen LogP contribution in [0.15, 0.2) is 71.7 Å². The Bertz CT molecular complexity index is 570. The smallest absolute Gasteiger partial charge is 0.0975 e. The number of aliphatic hydroxyl groups excluding tert-OH is 1. The Balaban J connectivity index is 2.43. The average molecular weight is 315 g/mol. The van der Waals surface area contributed by atoms with E-state index < -0.39 is 6.10 Å². The summed E-state index contributed by atoms with van der Waals surface area (Å²) in [4.78, 5) is 0. The van der Waals surface area contributed by atoms with E-state index in [1.807, 2.05) is 60.7 Å². The first-order valence-corrected chi connectivity index (χ1v) is 6.83. The molecular weight excluding hydrogens is 300 g/mol. The summed E-state index contributed by atoms with van der Waals surface area (Å²) in [7, 11) is 0. The van der Waals surface area contributed by atoms with Gasteiger partial charge < -0.3 is 5.11 Å². The van der Waals surface area contributed by atoms with E-state index in [0.717, 1.165) is 21.2 Å². The number of hydrogen-bond donors (Lipinski definition) is 1. The summed E-state index contributed by atoms with van der Waals surface area (Å²) in [5.41, 5.74) is 2.89. The Morgan fingerprint density at radius 1 is 1.05 bits per heavy atom. The second-order valence-electron chi connectivity index (χ2n) is 4.20. The lowest BCUT2D eigenvalue weighted by Gasteiger charge is -2.12. The minimum atomic E-state index is -0.675. The van der Waals surface area contributed by atoms with Gasteiger partial charge in [-0.2, -0.15) is 0 Å². The fraction of sp³-hybridized carbons (Fsp3) is 0.0588. The van der Waals surface area contributed by atoms with Crippen molar-refractivity contribution < 1.29 is 5.11 Å². The summed E-state index contributed by atoms with van der Waals surface area (Å²) in [6, 6.07) is 17.8. The first-order valence-electron chi connectivity index (χ1n) is 6.04. The molecule has 96 valence electrons. The van der Waals surface area contributed by atoms with E-state index in [4.69, 9.17) is 0 Å². The summed E-state index contributed by atoms with van der Waals surface area (Å²) < 4.78 is 1.04. The van der Waals surface area contributed by atoms with Gasteiger partial charge in [-0.3, -0.25) is 0 Å². The molecule has 1 nitrogen and oxygen atoms in total. The lowest BCUT2D eigenvalue weighted by atomic mass is 9.98. The van der Waals surface area contributed by atoms with Crippen LogP contribution in [0.2, 0.25) is 0 Å². The van der Waals surface area contributed by atoms with Crippen LogP contribution in [0.25, 0.3) is 11.6 Å². The molecule has 0 aliphatic rings. The third-order valence-corrected chi connectivity index (χ3v) is 3.37. The molecule has 0 aromatic heterocycles. The van der Waals surface area contributed by atoms with Crippen molar-refractivity contribution in [3.63, 3.8) is 0 Å². The topological polar surface area (TPSA) is 20.2 Å². The lowest BCUT2D eigenvalue weighted by molar-refractivity contribution is 0.281. The van der Waals surface area contributed by atoms with Crippen LogP contribution in [0.4, 0.5) is 0 Å². The molecule has 19 heavy (non-hydrogen) atoms. The van der Waals surface area contributed by atoms with E-state index in [0.29, 0.717) is 0 Å². The molecule has 0 spiro atoms. The number of benzene rings is 2. The van der Waals surface area contributed by atoms with Crippen LogP contribution in [0.1, 0.15) is 11.1 Å². The highest BCUT2D eigenvalue weighted by Crippen LogP contribution is 2.23. The van der Waals surface area contributed by atoms with E-state index in [1.54, 1.807) is 0 Å². The van der Waals surface area contributed by atoms with Crippen molar-refractivity contribution in [2.45, 2.75) is 6.10 Å². The first-order chi connectivity index (χ1) is 9.20. The van der Waals surface area contributed by atoms with Gasteiger partial charge in [-0.1, -0.05) is 64.5 Å². The molecule has 0 amide bonds. The molecule has 0 aliphatic heterocycles. The normalized spacial score (nSPS) is 13.1. The van der Waals surface area contributed by atoms with E-state index in [9.17, 15) is 5.11 Å². The van der Waals surface area contributed by atoms with Gasteiger partial charge in [0.1, 0.15) is 0 Å². The van der Waals surface area contributed by atoms with Crippen molar-refractivity contribution in [1.82, 2.24) is 0 Å². The van der Waals surface area contributed by atoms with Crippen LogP contribution in [0, 0.1) is 0 Å². The molecule has 2 heteroatoms. The third kappa shape index (κ3) is 3.66. The molecular formula is C17H15BrO. The molecule has 0 bridgehead atoms. The van der Waals surface area contributed by atoms with Crippen molar-refractivity contribution in [3.8, 4) is 0 Å². The maximum absolute atomic E-state index is 10.1. The molecule has 0 saturated carbocycles. The van der Waals surface area contributed by atoms with Crippen LogP contribution in [-0.4, -0.2) is 11.2 Å². The van der Waals surface area contributed by atoms with E-state index in [1.165, 1.54) is 6.08 Å². The van der Waals surface area contributed by atoms with Crippen molar-refractivity contribution >= 4 is 27.6 Å². The molecule has 1 N–H and O–H groups in total. The third-order valence-electron chi connectivity index (χ3n) is 2.84. The second kappa shape index (κ2) is 6.50. The van der Waals surface area contributed by atoms with Gasteiger partial charge in [0.25, 0.3) is 0 Å². The summed E-state index contributed by atoms with van der Waals surface area (Å²) in [5, 5.41) is 10.1. The summed E-state index contributed by atoms with van der Waals surface area (Å²) in [6.07, 6.45) is 2.84. The maximum Gasteiger partial charge on any atom is 0.0975 e. The highest BCUT2D eigenvalue weighted by molar-refractivity contribution is 9.10. The predicted octanol–water partition coefficient (Wildman–Crippen LogP) is 4.54. The zero-order valence-corrected chi connectivity index (χ0v) is 12.0. The second-order valence-corrected chi connectivity index (χ2v) is 5.11. The van der Waals surface area contributed by atoms with Gasteiger partial charge in [0.05, 0.1) is 6.10 Å². The van der Waals surface area contributed by atoms with Gasteiger partial charge in [-0.25, -0.2) is 0 Å². The summed E-state index contributed by atoms with van der Waals surface area (Å²) >= 11 is 3.41. The van der Waals surface area contributed by atoms with E-state index in [2.05, 4.69) is 22.5 Å². The number of aliphatic hydroxyl groups is 1. The first kappa shape index (κ1) is 13.8. The fourth-order valence-electron chi connectivity index (χ4n) is 1.84. The maximum atomic E-state index is 10.1. The Labute approximate surface area is 122 Å². The fourth-order valence-corrected chi connectivity index (χ4v) is 2.10. The van der Waals surface area contributed by atoms with Gasteiger partial charge in [-0.05, 0) is 34.9 Å². The van der Waals surface area contributed by atoms with Crippen LogP contribution in [-0.2, 0) is 0 Å². The molecule has 1 unspecified atom stereocenters. The minimum absolute atomic E-state index is 0.675. The van der Waals surface area contributed by atoms with Crippen molar-refractivity contribution in [1.29, 1.82) is 0 Å². The van der Waals surface area contributed by atoms with Gasteiger partial charge in [0.2, 0.25) is 0 Å².